The summed E-state index contributed by atoms with van der Waals surface area (Å²) in [4.78, 5) is 6.56. The molecule has 0 aliphatic carbocycles. The molecular formula is C17H19FN6O. The zero-order valence-corrected chi connectivity index (χ0v) is 13.8. The summed E-state index contributed by atoms with van der Waals surface area (Å²) in [7, 11) is 0. The zero-order valence-electron chi connectivity index (χ0n) is 13.8. The third-order valence-corrected chi connectivity index (χ3v) is 5.12. The Kier molecular flexibility index (Phi) is 3.44. The van der Waals surface area contributed by atoms with Crippen LogP contribution in [-0.2, 0) is 13.1 Å². The minimum absolute atomic E-state index is 0.294. The molecule has 0 spiro atoms. The fraction of sp³-hybridized carbons (Fsp3) is 0.471. The lowest BCUT2D eigenvalue weighted by Crippen LogP contribution is -2.35. The van der Waals surface area contributed by atoms with Crippen molar-refractivity contribution < 1.29 is 8.81 Å². The summed E-state index contributed by atoms with van der Waals surface area (Å²) in [5, 5.41) is 12.1. The lowest BCUT2D eigenvalue weighted by Gasteiger charge is -2.31. The van der Waals surface area contributed by atoms with Crippen molar-refractivity contribution in [2.75, 3.05) is 24.5 Å². The van der Waals surface area contributed by atoms with E-state index in [1.807, 2.05) is 0 Å². The predicted molar refractivity (Wildman–Crippen MR) is 89.9 cm³/mol. The fourth-order valence-electron chi connectivity index (χ4n) is 3.77. The van der Waals surface area contributed by atoms with Crippen molar-refractivity contribution in [3.63, 3.8) is 0 Å². The monoisotopic (exact) mass is 342 g/mol. The van der Waals surface area contributed by atoms with Crippen molar-refractivity contribution in [2.45, 2.75) is 31.8 Å². The molecule has 7 nitrogen and oxygen atoms in total. The molecule has 1 fully saturated rings. The number of piperidine rings is 1. The van der Waals surface area contributed by atoms with E-state index in [-0.39, 0.29) is 5.82 Å². The standard InChI is InChI=1S/C17H19FN6O/c18-12-1-2-14-13(9-12)20-17(25-14)23-6-3-11(4-7-23)16-22-21-15-10-19-5-8-24(15)16/h1-2,9,11,19H,3-8,10H2. The van der Waals surface area contributed by atoms with E-state index < -0.39 is 0 Å². The van der Waals surface area contributed by atoms with Gasteiger partial charge in [-0.3, -0.25) is 0 Å². The van der Waals surface area contributed by atoms with Gasteiger partial charge in [0.15, 0.2) is 5.58 Å². The highest BCUT2D eigenvalue weighted by Gasteiger charge is 2.28. The third-order valence-electron chi connectivity index (χ3n) is 5.12. The van der Waals surface area contributed by atoms with Crippen LogP contribution in [0.15, 0.2) is 22.6 Å². The lowest BCUT2D eigenvalue weighted by atomic mass is 9.96. The molecule has 0 saturated carbocycles. The number of rotatable bonds is 2. The van der Waals surface area contributed by atoms with Crippen molar-refractivity contribution in [2.24, 2.45) is 0 Å². The van der Waals surface area contributed by atoms with Crippen LogP contribution in [0, 0.1) is 5.82 Å². The smallest absolute Gasteiger partial charge is 0.298 e. The van der Waals surface area contributed by atoms with Gasteiger partial charge in [-0.05, 0) is 25.0 Å². The maximum atomic E-state index is 13.3. The van der Waals surface area contributed by atoms with Crippen molar-refractivity contribution in [3.05, 3.63) is 35.7 Å². The topological polar surface area (TPSA) is 72.0 Å². The largest absolute Gasteiger partial charge is 0.423 e. The average molecular weight is 342 g/mol. The molecule has 3 aromatic rings. The SMILES string of the molecule is Fc1ccc2oc(N3CCC(c4nnc5n4CCNC5)CC3)nc2c1. The number of benzene rings is 1. The molecule has 5 rings (SSSR count). The van der Waals surface area contributed by atoms with Crippen LogP contribution in [0.25, 0.3) is 11.1 Å². The minimum atomic E-state index is -0.294. The van der Waals surface area contributed by atoms with Gasteiger partial charge in [0.2, 0.25) is 0 Å². The number of fused-ring (bicyclic) bond motifs is 2. The highest BCUT2D eigenvalue weighted by atomic mass is 19.1. The molecule has 0 radical (unpaired) electrons. The highest BCUT2D eigenvalue weighted by molar-refractivity contribution is 5.74. The Balaban J connectivity index is 1.33. The van der Waals surface area contributed by atoms with Crippen molar-refractivity contribution in [3.8, 4) is 0 Å². The number of anilines is 1. The summed E-state index contributed by atoms with van der Waals surface area (Å²) in [5.74, 6) is 2.26. The number of aromatic nitrogens is 4. The molecule has 2 aliphatic rings. The minimum Gasteiger partial charge on any atom is -0.423 e. The van der Waals surface area contributed by atoms with Crippen LogP contribution in [0.4, 0.5) is 10.4 Å². The Morgan fingerprint density at radius 1 is 1.16 bits per heavy atom. The maximum Gasteiger partial charge on any atom is 0.298 e. The number of nitrogens with zero attached hydrogens (tertiary/aromatic N) is 5. The van der Waals surface area contributed by atoms with E-state index in [9.17, 15) is 4.39 Å². The first-order chi connectivity index (χ1) is 12.3. The van der Waals surface area contributed by atoms with E-state index >= 15 is 0 Å². The summed E-state index contributed by atoms with van der Waals surface area (Å²) >= 11 is 0. The molecule has 0 unspecified atom stereocenters. The van der Waals surface area contributed by atoms with Gasteiger partial charge in [-0.2, -0.15) is 4.98 Å². The van der Waals surface area contributed by atoms with Gasteiger partial charge in [-0.1, -0.05) is 0 Å². The van der Waals surface area contributed by atoms with Crippen LogP contribution < -0.4 is 10.2 Å². The summed E-state index contributed by atoms with van der Waals surface area (Å²) in [6, 6.07) is 5.01. The van der Waals surface area contributed by atoms with E-state index in [1.165, 1.54) is 12.1 Å². The number of nitrogens with one attached hydrogen (secondary N) is 1. The second kappa shape index (κ2) is 5.80. The summed E-state index contributed by atoms with van der Waals surface area (Å²) in [5.41, 5.74) is 1.19. The molecule has 0 amide bonds. The molecule has 8 heteroatoms. The van der Waals surface area contributed by atoms with E-state index in [0.717, 1.165) is 57.2 Å². The third kappa shape index (κ3) is 2.57. The molecule has 0 bridgehead atoms. The highest BCUT2D eigenvalue weighted by Crippen LogP contribution is 2.31. The van der Waals surface area contributed by atoms with Crippen LogP contribution in [-0.4, -0.2) is 39.4 Å². The van der Waals surface area contributed by atoms with Crippen molar-refractivity contribution >= 4 is 17.1 Å². The molecule has 1 aromatic carbocycles. The van der Waals surface area contributed by atoms with Crippen LogP contribution in [0.5, 0.6) is 0 Å². The normalized spacial score (nSPS) is 18.7. The molecule has 0 atom stereocenters. The van der Waals surface area contributed by atoms with Crippen molar-refractivity contribution in [1.82, 2.24) is 25.1 Å². The van der Waals surface area contributed by atoms with Crippen LogP contribution >= 0.6 is 0 Å². The first-order valence-corrected chi connectivity index (χ1v) is 8.72. The molecule has 2 aromatic heterocycles. The van der Waals surface area contributed by atoms with E-state index in [2.05, 4.69) is 30.0 Å². The second-order valence-electron chi connectivity index (χ2n) is 6.67. The molecular weight excluding hydrogens is 323 g/mol. The van der Waals surface area contributed by atoms with E-state index in [1.54, 1.807) is 6.07 Å². The fourth-order valence-corrected chi connectivity index (χ4v) is 3.77. The van der Waals surface area contributed by atoms with Gasteiger partial charge in [0, 0.05) is 38.2 Å². The summed E-state index contributed by atoms with van der Waals surface area (Å²) in [6.45, 7) is 4.40. The van der Waals surface area contributed by atoms with Gasteiger partial charge in [-0.25, -0.2) is 4.39 Å². The molecule has 1 saturated heterocycles. The number of hydrogen-bond donors (Lipinski definition) is 1. The molecule has 130 valence electrons. The maximum absolute atomic E-state index is 13.3. The average Bonchev–Trinajstić information content (AvgIpc) is 3.25. The first kappa shape index (κ1) is 14.8. The zero-order chi connectivity index (χ0) is 16.8. The van der Waals surface area contributed by atoms with E-state index in [0.29, 0.717) is 23.0 Å². The van der Waals surface area contributed by atoms with Crippen LogP contribution in [0.1, 0.15) is 30.4 Å². The summed E-state index contributed by atoms with van der Waals surface area (Å²) < 4.78 is 21.4. The Labute approximate surface area is 143 Å². The predicted octanol–water partition coefficient (Wildman–Crippen LogP) is 2.05. The Morgan fingerprint density at radius 2 is 2.04 bits per heavy atom. The second-order valence-corrected chi connectivity index (χ2v) is 6.67. The Morgan fingerprint density at radius 3 is 2.92 bits per heavy atom. The Hall–Kier alpha value is -2.48. The first-order valence-electron chi connectivity index (χ1n) is 8.72. The van der Waals surface area contributed by atoms with Gasteiger partial charge in [-0.15, -0.1) is 10.2 Å². The van der Waals surface area contributed by atoms with Crippen LogP contribution in [0.3, 0.4) is 0 Å². The number of halogens is 1. The summed E-state index contributed by atoms with van der Waals surface area (Å²) in [6.07, 6.45) is 1.97. The lowest BCUT2D eigenvalue weighted by molar-refractivity contribution is 0.424. The number of oxazole rings is 1. The molecule has 4 heterocycles. The Bertz CT molecular complexity index is 911. The van der Waals surface area contributed by atoms with Crippen LogP contribution in [0.2, 0.25) is 0 Å². The van der Waals surface area contributed by atoms with Gasteiger partial charge in [0.25, 0.3) is 6.01 Å². The quantitative estimate of drug-likeness (QED) is 0.768. The molecule has 25 heavy (non-hydrogen) atoms. The number of hydrogen-bond acceptors (Lipinski definition) is 6. The van der Waals surface area contributed by atoms with Crippen molar-refractivity contribution in [1.29, 1.82) is 0 Å². The molecule has 1 N–H and O–H groups in total. The molecule has 2 aliphatic heterocycles. The van der Waals surface area contributed by atoms with Gasteiger partial charge in [0.05, 0.1) is 6.54 Å². The van der Waals surface area contributed by atoms with Gasteiger partial charge < -0.3 is 19.2 Å². The van der Waals surface area contributed by atoms with Gasteiger partial charge >= 0.3 is 0 Å². The van der Waals surface area contributed by atoms with Gasteiger partial charge in [0.1, 0.15) is 23.0 Å². The van der Waals surface area contributed by atoms with E-state index in [4.69, 9.17) is 4.42 Å².